The summed E-state index contributed by atoms with van der Waals surface area (Å²) in [6, 6.07) is 5.08. The first-order valence-electron chi connectivity index (χ1n) is 6.33. The third-order valence-electron chi connectivity index (χ3n) is 3.56. The van der Waals surface area contributed by atoms with Crippen molar-refractivity contribution in [2.75, 3.05) is 6.54 Å². The van der Waals surface area contributed by atoms with E-state index in [0.717, 1.165) is 30.2 Å². The van der Waals surface area contributed by atoms with Gasteiger partial charge in [0.25, 0.3) is 0 Å². The highest BCUT2D eigenvalue weighted by Gasteiger charge is 2.42. The summed E-state index contributed by atoms with van der Waals surface area (Å²) in [7, 11) is -3.44. The lowest BCUT2D eigenvalue weighted by molar-refractivity contribution is 0.449. The van der Waals surface area contributed by atoms with Crippen LogP contribution in [-0.2, 0) is 10.0 Å². The van der Waals surface area contributed by atoms with Crippen LogP contribution in [0.3, 0.4) is 0 Å². The highest BCUT2D eigenvalue weighted by atomic mass is 79.9. The summed E-state index contributed by atoms with van der Waals surface area (Å²) in [5.41, 5.74) is 0.212. The van der Waals surface area contributed by atoms with Gasteiger partial charge in [0.2, 0.25) is 10.0 Å². The van der Waals surface area contributed by atoms with Crippen LogP contribution in [0.4, 0.5) is 0 Å². The van der Waals surface area contributed by atoms with Crippen molar-refractivity contribution in [2.45, 2.75) is 37.5 Å². The normalized spacial score (nSPS) is 17.4. The van der Waals surface area contributed by atoms with Gasteiger partial charge in [-0.15, -0.1) is 0 Å². The highest BCUT2D eigenvalue weighted by Crippen LogP contribution is 2.49. The van der Waals surface area contributed by atoms with Crippen molar-refractivity contribution in [3.05, 3.63) is 27.1 Å². The van der Waals surface area contributed by atoms with Gasteiger partial charge in [-0.05, 0) is 58.8 Å². The van der Waals surface area contributed by atoms with Crippen LogP contribution in [0.5, 0.6) is 0 Å². The van der Waals surface area contributed by atoms with E-state index in [1.54, 1.807) is 18.2 Å². The lowest BCUT2D eigenvalue weighted by atomic mass is 10.0. The fourth-order valence-electron chi connectivity index (χ4n) is 2.24. The molecule has 3 nitrogen and oxygen atoms in total. The highest BCUT2D eigenvalue weighted by molar-refractivity contribution is 9.11. The number of halogens is 2. The lowest BCUT2D eigenvalue weighted by Crippen LogP contribution is -2.30. The summed E-state index contributed by atoms with van der Waals surface area (Å²) in [5, 5.41) is 0. The maximum Gasteiger partial charge on any atom is 0.241 e. The third-order valence-corrected chi connectivity index (χ3v) is 6.43. The molecule has 6 heteroatoms. The van der Waals surface area contributed by atoms with Crippen LogP contribution in [0.1, 0.15) is 32.6 Å². The maximum absolute atomic E-state index is 12.3. The van der Waals surface area contributed by atoms with Crippen molar-refractivity contribution in [3.63, 3.8) is 0 Å². The molecule has 1 aliphatic rings. The summed E-state index contributed by atoms with van der Waals surface area (Å²) < 4.78 is 28.8. The predicted octanol–water partition coefficient (Wildman–Crippen LogP) is 4.07. The molecule has 1 N–H and O–H groups in total. The first kappa shape index (κ1) is 15.5. The first-order chi connectivity index (χ1) is 8.88. The third kappa shape index (κ3) is 3.80. The molecule has 0 atom stereocenters. The van der Waals surface area contributed by atoms with Gasteiger partial charge < -0.3 is 0 Å². The topological polar surface area (TPSA) is 46.2 Å². The SMILES string of the molecule is CCCC1(CNS(=O)(=O)c2ccc(Br)cc2Br)CC1. The monoisotopic (exact) mass is 409 g/mol. The van der Waals surface area contributed by atoms with Crippen LogP contribution in [0, 0.1) is 5.41 Å². The number of hydrogen-bond acceptors (Lipinski definition) is 2. The summed E-state index contributed by atoms with van der Waals surface area (Å²) in [5.74, 6) is 0. The van der Waals surface area contributed by atoms with E-state index < -0.39 is 10.0 Å². The van der Waals surface area contributed by atoms with Gasteiger partial charge in [-0.25, -0.2) is 13.1 Å². The van der Waals surface area contributed by atoms with E-state index in [2.05, 4.69) is 43.5 Å². The molecule has 1 aromatic rings. The number of benzene rings is 1. The van der Waals surface area contributed by atoms with Crippen LogP contribution in [0.2, 0.25) is 0 Å². The Morgan fingerprint density at radius 3 is 2.53 bits per heavy atom. The van der Waals surface area contributed by atoms with Crippen molar-refractivity contribution in [1.82, 2.24) is 4.72 Å². The minimum absolute atomic E-state index is 0.212. The van der Waals surface area contributed by atoms with E-state index >= 15 is 0 Å². The Labute approximate surface area is 131 Å². The molecule has 1 saturated carbocycles. The molecule has 2 rings (SSSR count). The molecule has 0 amide bonds. The molecule has 0 bridgehead atoms. The van der Waals surface area contributed by atoms with Crippen molar-refractivity contribution in [1.29, 1.82) is 0 Å². The standard InChI is InChI=1S/C13H17Br2NO2S/c1-2-5-13(6-7-13)9-16-19(17,18)12-4-3-10(14)8-11(12)15/h3-4,8,16H,2,5-7,9H2,1H3. The summed E-state index contributed by atoms with van der Waals surface area (Å²) >= 11 is 6.62. The molecule has 0 spiro atoms. The van der Waals surface area contributed by atoms with Crippen LogP contribution in [0.15, 0.2) is 32.0 Å². The van der Waals surface area contributed by atoms with Gasteiger partial charge >= 0.3 is 0 Å². The number of sulfonamides is 1. The van der Waals surface area contributed by atoms with E-state index in [1.807, 2.05) is 0 Å². The zero-order valence-electron chi connectivity index (χ0n) is 10.7. The van der Waals surface area contributed by atoms with Crippen LogP contribution in [0.25, 0.3) is 0 Å². The van der Waals surface area contributed by atoms with Gasteiger partial charge in [-0.3, -0.25) is 0 Å². The van der Waals surface area contributed by atoms with Crippen molar-refractivity contribution in [2.24, 2.45) is 5.41 Å². The molecule has 1 aliphatic carbocycles. The Morgan fingerprint density at radius 2 is 2.00 bits per heavy atom. The first-order valence-corrected chi connectivity index (χ1v) is 9.40. The maximum atomic E-state index is 12.3. The van der Waals surface area contributed by atoms with Gasteiger partial charge in [0, 0.05) is 15.5 Å². The molecular weight excluding hydrogens is 394 g/mol. The zero-order chi connectivity index (χ0) is 14.1. The summed E-state index contributed by atoms with van der Waals surface area (Å²) in [6.45, 7) is 2.69. The van der Waals surface area contributed by atoms with Gasteiger partial charge in [0.05, 0.1) is 4.90 Å². The Kier molecular flexibility index (Phi) is 4.75. The Hall–Kier alpha value is 0.0900. The minimum atomic E-state index is -3.44. The van der Waals surface area contributed by atoms with Gasteiger partial charge in [0.15, 0.2) is 0 Å². The number of hydrogen-bond donors (Lipinski definition) is 1. The quantitative estimate of drug-likeness (QED) is 0.768. The zero-order valence-corrected chi connectivity index (χ0v) is 14.7. The molecule has 0 saturated heterocycles. The van der Waals surface area contributed by atoms with E-state index in [0.29, 0.717) is 15.9 Å². The van der Waals surface area contributed by atoms with Gasteiger partial charge in [-0.1, -0.05) is 29.3 Å². The number of rotatable bonds is 6. The average molecular weight is 411 g/mol. The van der Waals surface area contributed by atoms with Crippen molar-refractivity contribution < 1.29 is 8.42 Å². The van der Waals surface area contributed by atoms with Gasteiger partial charge in [-0.2, -0.15) is 0 Å². The lowest BCUT2D eigenvalue weighted by Gasteiger charge is -2.15. The molecule has 0 aromatic heterocycles. The second-order valence-corrected chi connectivity index (χ2v) is 8.65. The van der Waals surface area contributed by atoms with Crippen molar-refractivity contribution in [3.8, 4) is 0 Å². The summed E-state index contributed by atoms with van der Waals surface area (Å²) in [4.78, 5) is 0.294. The average Bonchev–Trinajstić information content (AvgIpc) is 3.07. The second kappa shape index (κ2) is 5.84. The van der Waals surface area contributed by atoms with Gasteiger partial charge in [0.1, 0.15) is 0 Å². The van der Waals surface area contributed by atoms with E-state index in [-0.39, 0.29) is 5.41 Å². The predicted molar refractivity (Wildman–Crippen MR) is 83.6 cm³/mol. The summed E-state index contributed by atoms with van der Waals surface area (Å²) in [6.07, 6.45) is 4.45. The molecule has 106 valence electrons. The molecule has 1 fully saturated rings. The Bertz CT molecular complexity index is 568. The van der Waals surface area contributed by atoms with Crippen LogP contribution >= 0.6 is 31.9 Å². The largest absolute Gasteiger partial charge is 0.241 e. The molecule has 1 aromatic carbocycles. The second-order valence-electron chi connectivity index (χ2n) is 5.15. The van der Waals surface area contributed by atoms with E-state index in [4.69, 9.17) is 0 Å². The molecule has 0 radical (unpaired) electrons. The fraction of sp³-hybridized carbons (Fsp3) is 0.538. The molecule has 0 aliphatic heterocycles. The van der Waals surface area contributed by atoms with Crippen LogP contribution < -0.4 is 4.72 Å². The molecule has 0 heterocycles. The van der Waals surface area contributed by atoms with E-state index in [1.165, 1.54) is 0 Å². The molecule has 19 heavy (non-hydrogen) atoms. The number of nitrogens with one attached hydrogen (secondary N) is 1. The van der Waals surface area contributed by atoms with Crippen molar-refractivity contribution >= 4 is 41.9 Å². The Balaban J connectivity index is 2.10. The molecule has 0 unspecified atom stereocenters. The minimum Gasteiger partial charge on any atom is -0.211 e. The Morgan fingerprint density at radius 1 is 1.32 bits per heavy atom. The smallest absolute Gasteiger partial charge is 0.211 e. The molecular formula is C13H17Br2NO2S. The van der Waals surface area contributed by atoms with Crippen LogP contribution in [-0.4, -0.2) is 15.0 Å². The van der Waals surface area contributed by atoms with E-state index in [9.17, 15) is 8.42 Å². The fourth-order valence-corrected chi connectivity index (χ4v) is 5.14.